The normalized spacial score (nSPS) is 23.8. The molecule has 0 aliphatic carbocycles. The van der Waals surface area contributed by atoms with E-state index in [1.54, 1.807) is 11.3 Å². The van der Waals surface area contributed by atoms with E-state index in [1.807, 2.05) is 0 Å². The second-order valence-corrected chi connectivity index (χ2v) is 5.93. The van der Waals surface area contributed by atoms with Gasteiger partial charge in [0.1, 0.15) is 6.04 Å². The van der Waals surface area contributed by atoms with Gasteiger partial charge in [-0.25, -0.2) is 0 Å². The van der Waals surface area contributed by atoms with Crippen molar-refractivity contribution in [3.63, 3.8) is 0 Å². The molecule has 2 atom stereocenters. The second kappa shape index (κ2) is 5.83. The highest BCUT2D eigenvalue weighted by Crippen LogP contribution is 2.30. The molecule has 0 spiro atoms. The van der Waals surface area contributed by atoms with E-state index in [0.29, 0.717) is 6.04 Å². The number of likely N-dealkylation sites (N-methyl/N-ethyl adjacent to an activating group) is 1. The van der Waals surface area contributed by atoms with E-state index in [0.717, 1.165) is 26.2 Å². The Bertz CT molecular complexity index is 434. The van der Waals surface area contributed by atoms with Gasteiger partial charge >= 0.3 is 0 Å². The van der Waals surface area contributed by atoms with Crippen LogP contribution in [-0.2, 0) is 0 Å². The van der Waals surface area contributed by atoms with Gasteiger partial charge in [-0.3, -0.25) is 4.90 Å². The Labute approximate surface area is 114 Å². The first kappa shape index (κ1) is 13.5. The molecule has 4 heteroatoms. The van der Waals surface area contributed by atoms with Gasteiger partial charge in [-0.15, -0.1) is 11.3 Å². The maximum atomic E-state index is 9.52. The summed E-state index contributed by atoms with van der Waals surface area (Å²) in [6.07, 6.45) is 0. The molecule has 1 aliphatic heterocycles. The fraction of sp³-hybridized carbons (Fsp3) is 0.643. The van der Waals surface area contributed by atoms with E-state index in [9.17, 15) is 5.26 Å². The molecule has 2 rings (SSSR count). The summed E-state index contributed by atoms with van der Waals surface area (Å²) in [4.78, 5) is 6.02. The number of hydrogen-bond acceptors (Lipinski definition) is 4. The maximum Gasteiger partial charge on any atom is 0.133 e. The van der Waals surface area contributed by atoms with Crippen molar-refractivity contribution >= 4 is 11.3 Å². The highest BCUT2D eigenvalue weighted by molar-refractivity contribution is 7.10. The second-order valence-electron chi connectivity index (χ2n) is 4.98. The van der Waals surface area contributed by atoms with Crippen LogP contribution in [0.25, 0.3) is 0 Å². The van der Waals surface area contributed by atoms with E-state index < -0.39 is 0 Å². The molecule has 0 aromatic carbocycles. The molecule has 0 bridgehead atoms. The van der Waals surface area contributed by atoms with Crippen LogP contribution < -0.4 is 0 Å². The lowest BCUT2D eigenvalue weighted by atomic mass is 10.1. The minimum absolute atomic E-state index is 0.0704. The maximum absolute atomic E-state index is 9.52. The van der Waals surface area contributed by atoms with Crippen LogP contribution in [0.4, 0.5) is 0 Å². The van der Waals surface area contributed by atoms with Crippen molar-refractivity contribution < 1.29 is 0 Å². The van der Waals surface area contributed by atoms with Crippen LogP contribution in [0.15, 0.2) is 11.4 Å². The molecule has 18 heavy (non-hydrogen) atoms. The van der Waals surface area contributed by atoms with Crippen LogP contribution in [0.3, 0.4) is 0 Å². The zero-order valence-corrected chi connectivity index (χ0v) is 12.2. The largest absolute Gasteiger partial charge is 0.301 e. The van der Waals surface area contributed by atoms with E-state index >= 15 is 0 Å². The zero-order chi connectivity index (χ0) is 13.1. The summed E-state index contributed by atoms with van der Waals surface area (Å²) in [5.41, 5.74) is 1.25. The van der Waals surface area contributed by atoms with E-state index in [-0.39, 0.29) is 6.04 Å². The van der Waals surface area contributed by atoms with Crippen LogP contribution in [0.5, 0.6) is 0 Å². The fourth-order valence-electron chi connectivity index (χ4n) is 2.67. The lowest BCUT2D eigenvalue weighted by Crippen LogP contribution is -2.52. The molecule has 2 heterocycles. The van der Waals surface area contributed by atoms with Gasteiger partial charge in [0.15, 0.2) is 0 Å². The van der Waals surface area contributed by atoms with Crippen molar-refractivity contribution in [2.75, 3.05) is 26.2 Å². The Morgan fingerprint density at radius 3 is 2.83 bits per heavy atom. The summed E-state index contributed by atoms with van der Waals surface area (Å²) in [6, 6.07) is 4.98. The van der Waals surface area contributed by atoms with Crippen molar-refractivity contribution in [3.05, 3.63) is 21.9 Å². The molecule has 1 aromatic heterocycles. The van der Waals surface area contributed by atoms with Gasteiger partial charge in [0.2, 0.25) is 0 Å². The topological polar surface area (TPSA) is 30.3 Å². The summed E-state index contributed by atoms with van der Waals surface area (Å²) >= 11 is 1.71. The first-order chi connectivity index (χ1) is 8.67. The third-order valence-corrected chi connectivity index (χ3v) is 4.89. The zero-order valence-electron chi connectivity index (χ0n) is 11.4. The van der Waals surface area contributed by atoms with Crippen LogP contribution in [-0.4, -0.2) is 42.0 Å². The van der Waals surface area contributed by atoms with Crippen molar-refractivity contribution in [1.82, 2.24) is 9.80 Å². The third-order valence-electron chi connectivity index (χ3n) is 3.81. The van der Waals surface area contributed by atoms with E-state index in [1.165, 1.54) is 10.4 Å². The molecule has 98 valence electrons. The average molecular weight is 263 g/mol. The standard InChI is InChI=1S/C14H21N3S/c1-4-16-6-7-17(12(3)10-16)13(9-15)14-11(2)5-8-18-14/h5,8,12-13H,4,6-7,10H2,1-3H3. The molecule has 1 saturated heterocycles. The molecule has 1 fully saturated rings. The highest BCUT2D eigenvalue weighted by Gasteiger charge is 2.30. The molecule has 1 aliphatic rings. The van der Waals surface area contributed by atoms with Crippen molar-refractivity contribution in [2.45, 2.75) is 32.9 Å². The SMILES string of the molecule is CCN1CCN(C(C#N)c2sccc2C)C(C)C1. The number of aryl methyl sites for hydroxylation is 1. The highest BCUT2D eigenvalue weighted by atomic mass is 32.1. The molecule has 3 nitrogen and oxygen atoms in total. The summed E-state index contributed by atoms with van der Waals surface area (Å²) in [7, 11) is 0. The quantitative estimate of drug-likeness (QED) is 0.840. The Hall–Kier alpha value is -0.890. The van der Waals surface area contributed by atoms with Crippen LogP contribution in [0.2, 0.25) is 0 Å². The lowest BCUT2D eigenvalue weighted by Gasteiger charge is -2.41. The minimum atomic E-state index is -0.0704. The molecular formula is C14H21N3S. The number of nitrogens with zero attached hydrogens (tertiary/aromatic N) is 3. The monoisotopic (exact) mass is 263 g/mol. The Morgan fingerprint density at radius 1 is 1.56 bits per heavy atom. The van der Waals surface area contributed by atoms with Crippen molar-refractivity contribution in [2.24, 2.45) is 0 Å². The van der Waals surface area contributed by atoms with E-state index in [4.69, 9.17) is 0 Å². The predicted molar refractivity (Wildman–Crippen MR) is 75.7 cm³/mol. The lowest BCUT2D eigenvalue weighted by molar-refractivity contribution is 0.0691. The van der Waals surface area contributed by atoms with Gasteiger partial charge in [-0.2, -0.15) is 5.26 Å². The first-order valence-corrected chi connectivity index (χ1v) is 7.47. The smallest absolute Gasteiger partial charge is 0.133 e. The Morgan fingerprint density at radius 2 is 2.33 bits per heavy atom. The van der Waals surface area contributed by atoms with Crippen LogP contribution >= 0.6 is 11.3 Å². The first-order valence-electron chi connectivity index (χ1n) is 6.59. The predicted octanol–water partition coefficient (Wildman–Crippen LogP) is 2.65. The Kier molecular flexibility index (Phi) is 4.39. The summed E-state index contributed by atoms with van der Waals surface area (Å²) in [5.74, 6) is 0. The summed E-state index contributed by atoms with van der Waals surface area (Å²) in [6.45, 7) is 10.8. The molecule has 0 amide bonds. The van der Waals surface area contributed by atoms with Crippen LogP contribution in [0, 0.1) is 18.3 Å². The molecular weight excluding hydrogens is 242 g/mol. The van der Waals surface area contributed by atoms with Gasteiger partial charge in [0.05, 0.1) is 6.07 Å². The summed E-state index contributed by atoms with van der Waals surface area (Å²) < 4.78 is 0. The molecule has 0 saturated carbocycles. The number of nitriles is 1. The molecule has 2 unspecified atom stereocenters. The number of piperazine rings is 1. The third kappa shape index (κ3) is 2.59. The van der Waals surface area contributed by atoms with Crippen molar-refractivity contribution in [1.29, 1.82) is 5.26 Å². The molecule has 0 radical (unpaired) electrons. The Balaban J connectivity index is 2.15. The van der Waals surface area contributed by atoms with Gasteiger partial charge in [0, 0.05) is 30.6 Å². The summed E-state index contributed by atoms with van der Waals surface area (Å²) in [5, 5.41) is 11.6. The number of thiophene rings is 1. The van der Waals surface area contributed by atoms with E-state index in [2.05, 4.69) is 48.1 Å². The van der Waals surface area contributed by atoms with Gasteiger partial charge in [-0.05, 0) is 37.4 Å². The van der Waals surface area contributed by atoms with Gasteiger partial charge < -0.3 is 4.90 Å². The fourth-order valence-corrected chi connectivity index (χ4v) is 3.66. The number of hydrogen-bond donors (Lipinski definition) is 0. The van der Waals surface area contributed by atoms with Gasteiger partial charge in [0.25, 0.3) is 0 Å². The molecule has 0 N–H and O–H groups in total. The minimum Gasteiger partial charge on any atom is -0.301 e. The van der Waals surface area contributed by atoms with Crippen molar-refractivity contribution in [3.8, 4) is 6.07 Å². The van der Waals surface area contributed by atoms with Gasteiger partial charge in [-0.1, -0.05) is 6.92 Å². The number of rotatable bonds is 3. The average Bonchev–Trinajstić information content (AvgIpc) is 2.78. The molecule has 1 aromatic rings. The van der Waals surface area contributed by atoms with Crippen LogP contribution in [0.1, 0.15) is 30.3 Å².